The molecule has 0 radical (unpaired) electrons. The molecule has 2 aromatic carbocycles. The molecular formula is C18H20O2. The van der Waals surface area contributed by atoms with Gasteiger partial charge in [0.05, 0.1) is 7.11 Å². The predicted octanol–water partition coefficient (Wildman–Crippen LogP) is 3.75. The second-order valence-electron chi connectivity index (χ2n) is 5.05. The number of ketones is 1. The predicted molar refractivity (Wildman–Crippen MR) is 81.2 cm³/mol. The number of carbonyl (C=O) groups excluding carboxylic acids is 1. The molecule has 0 saturated heterocycles. The molecule has 0 saturated carbocycles. The summed E-state index contributed by atoms with van der Waals surface area (Å²) in [6.45, 7) is 2.07. The fourth-order valence-electron chi connectivity index (χ4n) is 2.10. The van der Waals surface area contributed by atoms with Gasteiger partial charge in [-0.2, -0.15) is 0 Å². The number of rotatable bonds is 6. The van der Waals surface area contributed by atoms with Crippen molar-refractivity contribution in [2.45, 2.75) is 26.2 Å². The van der Waals surface area contributed by atoms with Gasteiger partial charge in [0.1, 0.15) is 11.5 Å². The molecular weight excluding hydrogens is 248 g/mol. The Morgan fingerprint density at radius 1 is 0.950 bits per heavy atom. The minimum absolute atomic E-state index is 0.274. The van der Waals surface area contributed by atoms with Crippen LogP contribution in [0.2, 0.25) is 0 Å². The van der Waals surface area contributed by atoms with Crippen LogP contribution in [0, 0.1) is 6.92 Å². The first-order chi connectivity index (χ1) is 9.67. The Morgan fingerprint density at radius 2 is 1.55 bits per heavy atom. The van der Waals surface area contributed by atoms with E-state index in [9.17, 15) is 4.79 Å². The molecule has 0 heterocycles. The third-order valence-electron chi connectivity index (χ3n) is 3.37. The maximum Gasteiger partial charge on any atom is 0.137 e. The fraction of sp³-hybridized carbons (Fsp3) is 0.278. The molecule has 2 rings (SSSR count). The molecule has 0 aliphatic heterocycles. The number of ether oxygens (including phenoxy) is 1. The van der Waals surface area contributed by atoms with Crippen molar-refractivity contribution in [2.24, 2.45) is 0 Å². The quantitative estimate of drug-likeness (QED) is 0.797. The Balaban J connectivity index is 1.84. The van der Waals surface area contributed by atoms with E-state index in [2.05, 4.69) is 31.2 Å². The van der Waals surface area contributed by atoms with Gasteiger partial charge in [-0.1, -0.05) is 42.0 Å². The smallest absolute Gasteiger partial charge is 0.137 e. The van der Waals surface area contributed by atoms with E-state index in [0.717, 1.165) is 17.7 Å². The number of aryl methyl sites for hydroxylation is 2. The summed E-state index contributed by atoms with van der Waals surface area (Å²) in [6, 6.07) is 16.0. The fourth-order valence-corrected chi connectivity index (χ4v) is 2.10. The lowest BCUT2D eigenvalue weighted by molar-refractivity contribution is -0.118. The van der Waals surface area contributed by atoms with Crippen LogP contribution in [0.3, 0.4) is 0 Å². The lowest BCUT2D eigenvalue weighted by Crippen LogP contribution is -2.04. The zero-order valence-electron chi connectivity index (χ0n) is 12.1. The first-order valence-corrected chi connectivity index (χ1v) is 6.87. The number of methoxy groups -OCH3 is 1. The van der Waals surface area contributed by atoms with E-state index in [1.807, 2.05) is 24.3 Å². The Labute approximate surface area is 120 Å². The van der Waals surface area contributed by atoms with Gasteiger partial charge in [0.2, 0.25) is 0 Å². The van der Waals surface area contributed by atoms with Crippen molar-refractivity contribution < 1.29 is 9.53 Å². The molecule has 0 bridgehead atoms. The van der Waals surface area contributed by atoms with Gasteiger partial charge in [-0.05, 0) is 36.6 Å². The summed E-state index contributed by atoms with van der Waals surface area (Å²) >= 11 is 0. The topological polar surface area (TPSA) is 26.3 Å². The summed E-state index contributed by atoms with van der Waals surface area (Å²) in [6.07, 6.45) is 1.90. The lowest BCUT2D eigenvalue weighted by Gasteiger charge is -2.04. The van der Waals surface area contributed by atoms with Crippen LogP contribution >= 0.6 is 0 Å². The van der Waals surface area contributed by atoms with Gasteiger partial charge in [0, 0.05) is 12.8 Å². The van der Waals surface area contributed by atoms with Gasteiger partial charge in [0.25, 0.3) is 0 Å². The first-order valence-electron chi connectivity index (χ1n) is 6.87. The molecule has 2 aromatic rings. The van der Waals surface area contributed by atoms with Crippen molar-refractivity contribution in [1.29, 1.82) is 0 Å². The van der Waals surface area contributed by atoms with Gasteiger partial charge in [-0.15, -0.1) is 0 Å². The van der Waals surface area contributed by atoms with Crippen molar-refractivity contribution >= 4 is 5.78 Å². The Kier molecular flexibility index (Phi) is 4.94. The molecule has 2 heteroatoms. The van der Waals surface area contributed by atoms with E-state index in [4.69, 9.17) is 4.74 Å². The molecule has 0 aliphatic rings. The van der Waals surface area contributed by atoms with E-state index in [1.54, 1.807) is 7.11 Å². The third-order valence-corrected chi connectivity index (χ3v) is 3.37. The number of benzene rings is 2. The van der Waals surface area contributed by atoms with Crippen molar-refractivity contribution in [3.05, 3.63) is 65.2 Å². The van der Waals surface area contributed by atoms with Crippen LogP contribution < -0.4 is 4.74 Å². The molecule has 0 amide bonds. The van der Waals surface area contributed by atoms with Crippen LogP contribution in [0.5, 0.6) is 5.75 Å². The summed E-state index contributed by atoms with van der Waals surface area (Å²) in [7, 11) is 1.64. The maximum atomic E-state index is 12.0. The lowest BCUT2D eigenvalue weighted by atomic mass is 10.0. The van der Waals surface area contributed by atoms with Crippen molar-refractivity contribution in [1.82, 2.24) is 0 Å². The Morgan fingerprint density at radius 3 is 2.15 bits per heavy atom. The summed E-state index contributed by atoms with van der Waals surface area (Å²) in [4.78, 5) is 12.0. The zero-order valence-corrected chi connectivity index (χ0v) is 12.1. The van der Waals surface area contributed by atoms with Crippen LogP contribution in [0.15, 0.2) is 48.5 Å². The van der Waals surface area contributed by atoms with E-state index < -0.39 is 0 Å². The second kappa shape index (κ2) is 6.90. The van der Waals surface area contributed by atoms with Crippen LogP contribution in [0.1, 0.15) is 23.1 Å². The van der Waals surface area contributed by atoms with E-state index in [1.165, 1.54) is 11.1 Å². The van der Waals surface area contributed by atoms with Gasteiger partial charge >= 0.3 is 0 Å². The second-order valence-corrected chi connectivity index (χ2v) is 5.05. The largest absolute Gasteiger partial charge is 0.497 e. The average Bonchev–Trinajstić information content (AvgIpc) is 2.47. The summed E-state index contributed by atoms with van der Waals surface area (Å²) < 4.78 is 5.10. The zero-order chi connectivity index (χ0) is 14.4. The first kappa shape index (κ1) is 14.3. The highest BCUT2D eigenvalue weighted by atomic mass is 16.5. The molecule has 0 aliphatic carbocycles. The van der Waals surface area contributed by atoms with E-state index in [-0.39, 0.29) is 5.78 Å². The molecule has 0 unspecified atom stereocenters. The van der Waals surface area contributed by atoms with Crippen LogP contribution in [-0.2, 0) is 17.6 Å². The van der Waals surface area contributed by atoms with Crippen molar-refractivity contribution in [2.75, 3.05) is 7.11 Å². The van der Waals surface area contributed by atoms with Gasteiger partial charge in [-0.25, -0.2) is 0 Å². The van der Waals surface area contributed by atoms with Gasteiger partial charge in [0.15, 0.2) is 0 Å². The number of hydrogen-bond donors (Lipinski definition) is 0. The van der Waals surface area contributed by atoms with Gasteiger partial charge in [-0.3, -0.25) is 4.79 Å². The number of carbonyl (C=O) groups is 1. The van der Waals surface area contributed by atoms with Crippen LogP contribution in [0.25, 0.3) is 0 Å². The van der Waals surface area contributed by atoms with Crippen molar-refractivity contribution in [3.63, 3.8) is 0 Å². The number of Topliss-reactive ketones (excluding diaryl/α,β-unsaturated/α-hetero) is 1. The average molecular weight is 268 g/mol. The Hall–Kier alpha value is -2.09. The maximum absolute atomic E-state index is 12.0. The van der Waals surface area contributed by atoms with Crippen molar-refractivity contribution in [3.8, 4) is 5.75 Å². The van der Waals surface area contributed by atoms with Crippen LogP contribution in [-0.4, -0.2) is 12.9 Å². The highest BCUT2D eigenvalue weighted by Gasteiger charge is 2.05. The Bertz CT molecular complexity index is 553. The molecule has 0 N–H and O–H groups in total. The normalized spacial score (nSPS) is 10.3. The highest BCUT2D eigenvalue weighted by Crippen LogP contribution is 2.13. The summed E-state index contributed by atoms with van der Waals surface area (Å²) in [5, 5.41) is 0. The minimum atomic E-state index is 0.274. The molecule has 0 fully saturated rings. The van der Waals surface area contributed by atoms with E-state index in [0.29, 0.717) is 12.8 Å². The molecule has 104 valence electrons. The molecule has 2 nitrogen and oxygen atoms in total. The summed E-state index contributed by atoms with van der Waals surface area (Å²) in [5.74, 6) is 1.09. The molecule has 20 heavy (non-hydrogen) atoms. The third kappa shape index (κ3) is 4.23. The molecule has 0 atom stereocenters. The monoisotopic (exact) mass is 268 g/mol. The number of hydrogen-bond acceptors (Lipinski definition) is 2. The minimum Gasteiger partial charge on any atom is -0.497 e. The van der Waals surface area contributed by atoms with Gasteiger partial charge < -0.3 is 4.74 Å². The van der Waals surface area contributed by atoms with E-state index >= 15 is 0 Å². The standard InChI is InChI=1S/C18H20O2/c1-14-3-5-15(6-4-14)7-10-17(19)13-16-8-11-18(20-2)12-9-16/h3-6,8-9,11-12H,7,10,13H2,1-2H3. The molecule has 0 aromatic heterocycles. The molecule has 0 spiro atoms. The SMILES string of the molecule is COc1ccc(CC(=O)CCc2ccc(C)cc2)cc1. The van der Waals surface area contributed by atoms with Crippen LogP contribution in [0.4, 0.5) is 0 Å². The highest BCUT2D eigenvalue weighted by molar-refractivity contribution is 5.81. The summed E-state index contributed by atoms with van der Waals surface area (Å²) in [5.41, 5.74) is 3.51.